The van der Waals surface area contributed by atoms with Crippen molar-refractivity contribution in [2.75, 3.05) is 26.2 Å². The van der Waals surface area contributed by atoms with E-state index in [-0.39, 0.29) is 23.0 Å². The van der Waals surface area contributed by atoms with Crippen molar-refractivity contribution in [3.63, 3.8) is 0 Å². The molecule has 1 heterocycles. The molecule has 1 amide bonds. The van der Waals surface area contributed by atoms with Crippen molar-refractivity contribution in [1.29, 1.82) is 5.26 Å². The summed E-state index contributed by atoms with van der Waals surface area (Å²) in [5, 5.41) is 9.28. The number of fused-ring (bicyclic) bond motifs is 3. The van der Waals surface area contributed by atoms with E-state index in [0.717, 1.165) is 71.6 Å². The first-order chi connectivity index (χ1) is 16.3. The average Bonchev–Trinajstić information content (AvgIpc) is 3.23. The first-order valence-corrected chi connectivity index (χ1v) is 11.9. The quantitative estimate of drug-likeness (QED) is 0.743. The Morgan fingerprint density at radius 2 is 1.91 bits per heavy atom. The number of ether oxygens (including phenoxy) is 1. The maximum atomic E-state index is 13.5. The number of likely N-dealkylation sites (tertiary alicyclic amines) is 1. The zero-order chi connectivity index (χ0) is 24.0. The van der Waals surface area contributed by atoms with Gasteiger partial charge in [0.2, 0.25) is 5.91 Å². The molecule has 34 heavy (non-hydrogen) atoms. The van der Waals surface area contributed by atoms with Crippen LogP contribution in [-0.4, -0.2) is 42.8 Å². The highest BCUT2D eigenvalue weighted by Gasteiger charge is 2.43. The monoisotopic (exact) mass is 455 g/mol. The fourth-order valence-corrected chi connectivity index (χ4v) is 5.65. The van der Waals surface area contributed by atoms with Crippen LogP contribution in [-0.2, 0) is 16.6 Å². The summed E-state index contributed by atoms with van der Waals surface area (Å²) in [5.74, 6) is 0.607. The lowest BCUT2D eigenvalue weighted by Crippen LogP contribution is -2.40. The molecule has 0 unspecified atom stereocenters. The molecule has 174 valence electrons. The molecule has 5 rings (SSSR count). The first kappa shape index (κ1) is 22.4. The zero-order valence-electron chi connectivity index (χ0n) is 19.7. The third kappa shape index (κ3) is 3.70. The molecule has 2 aliphatic carbocycles. The third-order valence-electron chi connectivity index (χ3n) is 7.73. The van der Waals surface area contributed by atoms with Crippen LogP contribution in [0.2, 0.25) is 0 Å². The molecule has 2 aromatic carbocycles. The molecular weight excluding hydrogens is 426 g/mol. The van der Waals surface area contributed by atoms with E-state index >= 15 is 0 Å². The van der Waals surface area contributed by atoms with Crippen LogP contribution in [0.25, 0.3) is 5.57 Å². The minimum atomic E-state index is -0.319. The number of hydrogen-bond donors (Lipinski definition) is 1. The number of primary amides is 1. The number of nitrogens with zero attached hydrogens (tertiary/aromatic N) is 2. The second-order valence-electron chi connectivity index (χ2n) is 10.0. The van der Waals surface area contributed by atoms with Gasteiger partial charge in [-0.1, -0.05) is 19.9 Å². The van der Waals surface area contributed by atoms with Crippen LogP contribution >= 0.6 is 0 Å². The number of piperidine rings is 1. The van der Waals surface area contributed by atoms with Gasteiger partial charge in [0.25, 0.3) is 0 Å². The van der Waals surface area contributed by atoms with Crippen molar-refractivity contribution < 1.29 is 14.3 Å². The summed E-state index contributed by atoms with van der Waals surface area (Å²) in [6, 6.07) is 13.6. The number of benzene rings is 2. The molecule has 0 bridgehead atoms. The van der Waals surface area contributed by atoms with Crippen molar-refractivity contribution in [3.05, 3.63) is 69.8 Å². The van der Waals surface area contributed by atoms with E-state index in [0.29, 0.717) is 18.6 Å². The van der Waals surface area contributed by atoms with Crippen LogP contribution < -0.4 is 10.5 Å². The Morgan fingerprint density at radius 3 is 2.62 bits per heavy atom. The van der Waals surface area contributed by atoms with Crippen LogP contribution in [0.4, 0.5) is 0 Å². The fourth-order valence-electron chi connectivity index (χ4n) is 5.65. The highest BCUT2D eigenvalue weighted by atomic mass is 16.5. The van der Waals surface area contributed by atoms with Crippen LogP contribution in [0.3, 0.4) is 0 Å². The Balaban J connectivity index is 1.31. The Morgan fingerprint density at radius 1 is 1.18 bits per heavy atom. The molecule has 3 aliphatic rings. The van der Waals surface area contributed by atoms with E-state index < -0.39 is 0 Å². The lowest BCUT2D eigenvalue weighted by molar-refractivity contribution is -0.123. The van der Waals surface area contributed by atoms with E-state index in [9.17, 15) is 14.9 Å². The second kappa shape index (κ2) is 8.41. The number of allylic oxidation sites excluding steroid dienone is 2. The number of hydrogen-bond acceptors (Lipinski definition) is 5. The summed E-state index contributed by atoms with van der Waals surface area (Å²) in [6.45, 7) is 7.37. The SMILES string of the molecule is CC1(C)C2=C(C(=O)c3ccc(OCCN4CCC(C(N)=O)CC4)cc31)c1ccc(C#N)cc1C2. The number of nitrogens with two attached hydrogens (primary N) is 1. The van der Waals surface area contributed by atoms with Crippen LogP contribution in [0.15, 0.2) is 42.0 Å². The molecule has 0 saturated carbocycles. The number of nitriles is 1. The Hall–Kier alpha value is -3.43. The molecule has 0 radical (unpaired) electrons. The lowest BCUT2D eigenvalue weighted by Gasteiger charge is -2.34. The van der Waals surface area contributed by atoms with E-state index in [1.54, 1.807) is 6.07 Å². The molecule has 1 fully saturated rings. The summed E-state index contributed by atoms with van der Waals surface area (Å²) >= 11 is 0. The first-order valence-electron chi connectivity index (χ1n) is 11.9. The Kier molecular flexibility index (Phi) is 5.53. The van der Waals surface area contributed by atoms with Crippen molar-refractivity contribution >= 4 is 17.3 Å². The van der Waals surface area contributed by atoms with Gasteiger partial charge in [-0.2, -0.15) is 5.26 Å². The van der Waals surface area contributed by atoms with Gasteiger partial charge < -0.3 is 10.5 Å². The van der Waals surface area contributed by atoms with Crippen LogP contribution in [0.1, 0.15) is 59.3 Å². The summed E-state index contributed by atoms with van der Waals surface area (Å²) in [6.07, 6.45) is 2.30. The third-order valence-corrected chi connectivity index (χ3v) is 7.73. The molecular formula is C28H29N3O3. The van der Waals surface area contributed by atoms with Gasteiger partial charge in [0.05, 0.1) is 11.6 Å². The number of amides is 1. The minimum absolute atomic E-state index is 0.00926. The maximum Gasteiger partial charge on any atom is 0.220 e. The Labute approximate surface area is 200 Å². The maximum absolute atomic E-state index is 13.5. The predicted octanol–water partition coefficient (Wildman–Crippen LogP) is 3.62. The number of carbonyl (C=O) groups is 2. The molecule has 1 saturated heterocycles. The normalized spacial score (nSPS) is 19.3. The molecule has 0 atom stereocenters. The Bertz CT molecular complexity index is 1260. The van der Waals surface area contributed by atoms with Gasteiger partial charge in [0.15, 0.2) is 5.78 Å². The van der Waals surface area contributed by atoms with E-state index in [2.05, 4.69) is 24.8 Å². The molecule has 6 nitrogen and oxygen atoms in total. The van der Waals surface area contributed by atoms with Crippen LogP contribution in [0.5, 0.6) is 5.75 Å². The van der Waals surface area contributed by atoms with Crippen molar-refractivity contribution in [3.8, 4) is 11.8 Å². The highest BCUT2D eigenvalue weighted by Crippen LogP contribution is 2.50. The van der Waals surface area contributed by atoms with Gasteiger partial charge in [-0.15, -0.1) is 0 Å². The van der Waals surface area contributed by atoms with Gasteiger partial charge >= 0.3 is 0 Å². The number of Topliss-reactive ketones (excluding diaryl/α,β-unsaturated/α-hetero) is 1. The second-order valence-corrected chi connectivity index (χ2v) is 10.0. The number of ketones is 1. The minimum Gasteiger partial charge on any atom is -0.492 e. The molecule has 6 heteroatoms. The number of carbonyl (C=O) groups excluding carboxylic acids is 2. The summed E-state index contributed by atoms with van der Waals surface area (Å²) in [7, 11) is 0. The van der Waals surface area contributed by atoms with Gasteiger partial charge in [-0.3, -0.25) is 14.5 Å². The lowest BCUT2D eigenvalue weighted by atomic mass is 9.68. The van der Waals surface area contributed by atoms with Crippen LogP contribution in [0, 0.1) is 17.2 Å². The van der Waals surface area contributed by atoms with Gasteiger partial charge in [0.1, 0.15) is 12.4 Å². The average molecular weight is 456 g/mol. The van der Waals surface area contributed by atoms with E-state index in [1.165, 1.54) is 0 Å². The molecule has 1 aliphatic heterocycles. The predicted molar refractivity (Wildman–Crippen MR) is 129 cm³/mol. The fraction of sp³-hybridized carbons (Fsp3) is 0.393. The van der Waals surface area contributed by atoms with Crippen molar-refractivity contribution in [2.24, 2.45) is 11.7 Å². The van der Waals surface area contributed by atoms with E-state index in [4.69, 9.17) is 10.5 Å². The van der Waals surface area contributed by atoms with Gasteiger partial charge in [-0.25, -0.2) is 0 Å². The highest BCUT2D eigenvalue weighted by molar-refractivity contribution is 6.33. The zero-order valence-corrected chi connectivity index (χ0v) is 19.7. The smallest absolute Gasteiger partial charge is 0.220 e. The standard InChI is InChI=1S/C28H29N3O3/c1-28(2)23-15-20(34-12-11-31-9-7-18(8-10-31)27(30)33)4-6-22(23)26(32)25-21-5-3-17(16-29)13-19(21)14-24(25)28/h3-6,13,15,18H,7-12,14H2,1-2H3,(H2,30,33). The largest absolute Gasteiger partial charge is 0.492 e. The molecule has 2 N–H and O–H groups in total. The number of rotatable bonds is 5. The summed E-state index contributed by atoms with van der Waals surface area (Å²) < 4.78 is 6.08. The van der Waals surface area contributed by atoms with Crippen molar-refractivity contribution in [2.45, 2.75) is 38.5 Å². The summed E-state index contributed by atoms with van der Waals surface area (Å²) in [5.41, 5.74) is 11.4. The summed E-state index contributed by atoms with van der Waals surface area (Å²) in [4.78, 5) is 27.2. The molecule has 0 spiro atoms. The van der Waals surface area contributed by atoms with Gasteiger partial charge in [-0.05, 0) is 84.9 Å². The van der Waals surface area contributed by atoms with E-state index in [1.807, 2.05) is 30.3 Å². The molecule has 0 aromatic heterocycles. The van der Waals surface area contributed by atoms with Crippen molar-refractivity contribution in [1.82, 2.24) is 4.90 Å². The molecule has 2 aromatic rings. The topological polar surface area (TPSA) is 96.4 Å². The van der Waals surface area contributed by atoms with Gasteiger partial charge in [0, 0.05) is 29.0 Å².